The zero-order chi connectivity index (χ0) is 21.4. The Hall–Kier alpha value is -2.60. The number of aliphatic hydroxyl groups is 1. The lowest BCUT2D eigenvalue weighted by Gasteiger charge is -2.37. The smallest absolute Gasteiger partial charge is 0.410 e. The van der Waals surface area contributed by atoms with E-state index in [1.165, 1.54) is 12.1 Å². The van der Waals surface area contributed by atoms with Gasteiger partial charge in [0, 0.05) is 19.4 Å². The molecule has 0 spiro atoms. The van der Waals surface area contributed by atoms with Crippen molar-refractivity contribution in [1.29, 1.82) is 0 Å². The minimum atomic E-state index is -0.825. The first kappa shape index (κ1) is 22.7. The Kier molecular flexibility index (Phi) is 8.02. The maximum atomic E-state index is 12.2. The minimum absolute atomic E-state index is 0.0542. The Balaban J connectivity index is 0.000000360. The largest absolute Gasteiger partial charge is 0.497 e. The highest BCUT2D eigenvalue weighted by Gasteiger charge is 2.33. The van der Waals surface area contributed by atoms with Crippen molar-refractivity contribution in [2.24, 2.45) is 0 Å². The van der Waals surface area contributed by atoms with Crippen LogP contribution in [0.15, 0.2) is 54.6 Å². The summed E-state index contributed by atoms with van der Waals surface area (Å²) < 4.78 is 22.5. The second-order valence-corrected chi connectivity index (χ2v) is 7.75. The first-order valence-electron chi connectivity index (χ1n) is 9.74. The maximum absolute atomic E-state index is 12.2. The fraction of sp³-hybridized carbons (Fsp3) is 0.435. The number of carbonyl (C=O) groups is 1. The summed E-state index contributed by atoms with van der Waals surface area (Å²) in [6, 6.07) is 15.6. The number of benzene rings is 2. The van der Waals surface area contributed by atoms with Crippen molar-refractivity contribution >= 4 is 6.09 Å². The Bertz CT molecular complexity index is 759. The number of nitrogens with zero attached hydrogens (tertiary/aromatic N) is 1. The molecule has 158 valence electrons. The third-order valence-corrected chi connectivity index (χ3v) is 4.72. The molecule has 1 N–H and O–H groups in total. The monoisotopic (exact) mass is 403 g/mol. The normalized spacial score (nSPS) is 17.7. The summed E-state index contributed by atoms with van der Waals surface area (Å²) in [6.45, 7) is 6.08. The van der Waals surface area contributed by atoms with E-state index in [-0.39, 0.29) is 24.1 Å². The lowest BCUT2D eigenvalue weighted by Crippen LogP contribution is -2.45. The number of cyclic esters (lactones) is 1. The molecule has 3 rings (SSSR count). The zero-order valence-electron chi connectivity index (χ0n) is 17.5. The first-order valence-corrected chi connectivity index (χ1v) is 9.74. The standard InChI is InChI=1S/C17H25NO4.C6H5F/c1-12(13-5-7-14(21-4)8-6-13)18-10-9-15(22-16(18)19)11-17(2,3)20;7-6-4-2-1-3-5-6/h5-8,12,15,20H,9-11H2,1-4H3;1-5H. The van der Waals surface area contributed by atoms with Gasteiger partial charge in [-0.15, -0.1) is 0 Å². The Morgan fingerprint density at radius 1 is 1.21 bits per heavy atom. The molecule has 0 aromatic heterocycles. The molecule has 2 atom stereocenters. The topological polar surface area (TPSA) is 59.0 Å². The number of methoxy groups -OCH3 is 1. The molecular formula is C23H30FNO4. The van der Waals surface area contributed by atoms with Crippen molar-refractivity contribution in [2.45, 2.75) is 51.4 Å². The first-order chi connectivity index (χ1) is 13.7. The van der Waals surface area contributed by atoms with Crippen LogP contribution in [0.2, 0.25) is 0 Å². The van der Waals surface area contributed by atoms with Crippen LogP contribution in [0, 0.1) is 5.82 Å². The summed E-state index contributed by atoms with van der Waals surface area (Å²) in [5, 5.41) is 9.84. The van der Waals surface area contributed by atoms with Crippen LogP contribution in [0.4, 0.5) is 9.18 Å². The molecule has 0 saturated carbocycles. The highest BCUT2D eigenvalue weighted by Crippen LogP contribution is 2.28. The molecule has 1 aliphatic rings. The Labute approximate surface area is 172 Å². The van der Waals surface area contributed by atoms with Crippen molar-refractivity contribution in [2.75, 3.05) is 13.7 Å². The van der Waals surface area contributed by atoms with Gasteiger partial charge in [0.05, 0.1) is 18.8 Å². The second-order valence-electron chi connectivity index (χ2n) is 7.75. The van der Waals surface area contributed by atoms with Crippen LogP contribution in [-0.2, 0) is 4.74 Å². The van der Waals surface area contributed by atoms with E-state index in [9.17, 15) is 14.3 Å². The Morgan fingerprint density at radius 2 is 1.83 bits per heavy atom. The van der Waals surface area contributed by atoms with E-state index in [1.54, 1.807) is 44.1 Å². The molecule has 1 heterocycles. The van der Waals surface area contributed by atoms with Gasteiger partial charge in [-0.05, 0) is 50.6 Å². The zero-order valence-corrected chi connectivity index (χ0v) is 17.5. The molecule has 2 unspecified atom stereocenters. The van der Waals surface area contributed by atoms with Gasteiger partial charge in [-0.1, -0.05) is 30.3 Å². The summed E-state index contributed by atoms with van der Waals surface area (Å²) in [6.07, 6.45) is 0.662. The van der Waals surface area contributed by atoms with Gasteiger partial charge in [0.1, 0.15) is 17.7 Å². The summed E-state index contributed by atoms with van der Waals surface area (Å²) >= 11 is 0. The highest BCUT2D eigenvalue weighted by atomic mass is 19.1. The van der Waals surface area contributed by atoms with E-state index in [0.717, 1.165) is 17.7 Å². The molecule has 29 heavy (non-hydrogen) atoms. The number of hydrogen-bond acceptors (Lipinski definition) is 4. The molecule has 2 aromatic rings. The van der Waals surface area contributed by atoms with E-state index >= 15 is 0 Å². The number of ether oxygens (including phenoxy) is 2. The summed E-state index contributed by atoms with van der Waals surface area (Å²) in [5.41, 5.74) is 0.216. The lowest BCUT2D eigenvalue weighted by molar-refractivity contribution is -0.0309. The lowest BCUT2D eigenvalue weighted by atomic mass is 9.97. The molecule has 6 heteroatoms. The number of halogens is 1. The van der Waals surface area contributed by atoms with E-state index in [1.807, 2.05) is 31.2 Å². The molecular weight excluding hydrogens is 373 g/mol. The minimum Gasteiger partial charge on any atom is -0.497 e. The second kappa shape index (κ2) is 10.3. The van der Waals surface area contributed by atoms with Crippen LogP contribution in [-0.4, -0.2) is 41.5 Å². The van der Waals surface area contributed by atoms with Gasteiger partial charge >= 0.3 is 6.09 Å². The molecule has 0 aliphatic carbocycles. The molecule has 0 radical (unpaired) electrons. The fourth-order valence-corrected chi connectivity index (χ4v) is 3.17. The Morgan fingerprint density at radius 3 is 2.28 bits per heavy atom. The molecule has 2 aromatic carbocycles. The number of hydrogen-bond donors (Lipinski definition) is 1. The molecule has 1 aliphatic heterocycles. The third kappa shape index (κ3) is 7.38. The fourth-order valence-electron chi connectivity index (χ4n) is 3.17. The van der Waals surface area contributed by atoms with Crippen LogP contribution in [0.3, 0.4) is 0 Å². The predicted octanol–water partition coefficient (Wildman–Crippen LogP) is 4.95. The van der Waals surface area contributed by atoms with Crippen LogP contribution < -0.4 is 4.74 Å². The van der Waals surface area contributed by atoms with Gasteiger partial charge in [-0.2, -0.15) is 0 Å². The van der Waals surface area contributed by atoms with E-state index in [0.29, 0.717) is 13.0 Å². The van der Waals surface area contributed by atoms with Gasteiger partial charge in [-0.3, -0.25) is 0 Å². The number of amides is 1. The van der Waals surface area contributed by atoms with Crippen LogP contribution in [0.5, 0.6) is 5.75 Å². The molecule has 1 amide bonds. The quantitative estimate of drug-likeness (QED) is 0.767. The van der Waals surface area contributed by atoms with E-state index in [2.05, 4.69) is 0 Å². The average Bonchev–Trinajstić information content (AvgIpc) is 2.67. The van der Waals surface area contributed by atoms with Crippen molar-refractivity contribution in [3.63, 3.8) is 0 Å². The molecule has 0 bridgehead atoms. The molecule has 1 saturated heterocycles. The highest BCUT2D eigenvalue weighted by molar-refractivity contribution is 5.69. The number of rotatable bonds is 5. The average molecular weight is 403 g/mol. The summed E-state index contributed by atoms with van der Waals surface area (Å²) in [5.74, 6) is 0.616. The van der Waals surface area contributed by atoms with Gasteiger partial charge in [0.15, 0.2) is 0 Å². The molecule has 1 fully saturated rings. The maximum Gasteiger partial charge on any atom is 0.410 e. The van der Waals surface area contributed by atoms with Crippen molar-refractivity contribution in [3.05, 3.63) is 66.0 Å². The molecule has 5 nitrogen and oxygen atoms in total. The van der Waals surface area contributed by atoms with Gasteiger partial charge in [0.2, 0.25) is 0 Å². The predicted molar refractivity (Wildman–Crippen MR) is 110 cm³/mol. The van der Waals surface area contributed by atoms with Gasteiger partial charge < -0.3 is 19.5 Å². The SMILES string of the molecule is COc1ccc(C(C)N2CCC(CC(C)(C)O)OC2=O)cc1.Fc1ccccc1. The van der Waals surface area contributed by atoms with Crippen molar-refractivity contribution < 1.29 is 23.8 Å². The van der Waals surface area contributed by atoms with Crippen molar-refractivity contribution in [1.82, 2.24) is 4.90 Å². The summed E-state index contributed by atoms with van der Waals surface area (Å²) in [4.78, 5) is 14.0. The van der Waals surface area contributed by atoms with Crippen LogP contribution in [0.1, 0.15) is 45.2 Å². The van der Waals surface area contributed by atoms with Gasteiger partial charge in [0.25, 0.3) is 0 Å². The third-order valence-electron chi connectivity index (χ3n) is 4.72. The number of carbonyl (C=O) groups excluding carboxylic acids is 1. The van der Waals surface area contributed by atoms with E-state index in [4.69, 9.17) is 9.47 Å². The van der Waals surface area contributed by atoms with Crippen LogP contribution in [0.25, 0.3) is 0 Å². The van der Waals surface area contributed by atoms with Crippen LogP contribution >= 0.6 is 0 Å². The van der Waals surface area contributed by atoms with Crippen molar-refractivity contribution in [3.8, 4) is 5.75 Å². The van der Waals surface area contributed by atoms with Gasteiger partial charge in [-0.25, -0.2) is 9.18 Å². The summed E-state index contributed by atoms with van der Waals surface area (Å²) in [7, 11) is 1.63. The van der Waals surface area contributed by atoms with E-state index < -0.39 is 5.60 Å².